The summed E-state index contributed by atoms with van der Waals surface area (Å²) in [5.74, 6) is 0. The normalized spacial score (nSPS) is 19.7. The third kappa shape index (κ3) is 2.21. The van der Waals surface area contributed by atoms with Crippen molar-refractivity contribution < 1.29 is 9.31 Å². The van der Waals surface area contributed by atoms with Crippen LogP contribution in [0, 0.1) is 11.3 Å². The van der Waals surface area contributed by atoms with E-state index in [4.69, 9.17) is 14.6 Å². The quantitative estimate of drug-likeness (QED) is 0.753. The Labute approximate surface area is 124 Å². The van der Waals surface area contributed by atoms with Crippen LogP contribution in [0.25, 0.3) is 10.8 Å². The molecule has 1 saturated heterocycles. The molecule has 1 aliphatic rings. The van der Waals surface area contributed by atoms with Crippen LogP contribution >= 0.6 is 0 Å². The van der Waals surface area contributed by atoms with E-state index in [1.54, 1.807) is 12.3 Å². The monoisotopic (exact) mass is 280 g/mol. The lowest BCUT2D eigenvalue weighted by atomic mass is 9.76. The minimum Gasteiger partial charge on any atom is -0.399 e. The highest BCUT2D eigenvalue weighted by molar-refractivity contribution is 6.65. The zero-order valence-electron chi connectivity index (χ0n) is 12.7. The van der Waals surface area contributed by atoms with Crippen LogP contribution in [-0.2, 0) is 9.31 Å². The van der Waals surface area contributed by atoms with Crippen LogP contribution in [0.2, 0.25) is 0 Å². The summed E-state index contributed by atoms with van der Waals surface area (Å²) in [5.41, 5.74) is 0.608. The van der Waals surface area contributed by atoms with E-state index in [1.807, 2.05) is 45.9 Å². The Kier molecular flexibility index (Phi) is 3.05. The molecule has 0 spiro atoms. The zero-order valence-corrected chi connectivity index (χ0v) is 12.7. The lowest BCUT2D eigenvalue weighted by Crippen LogP contribution is -2.41. The van der Waals surface area contributed by atoms with E-state index >= 15 is 0 Å². The maximum Gasteiger partial charge on any atom is 0.495 e. The van der Waals surface area contributed by atoms with Crippen LogP contribution in [0.3, 0.4) is 0 Å². The largest absolute Gasteiger partial charge is 0.495 e. The van der Waals surface area contributed by atoms with E-state index in [0.29, 0.717) is 5.69 Å². The van der Waals surface area contributed by atoms with E-state index in [9.17, 15) is 0 Å². The number of rotatable bonds is 1. The molecule has 1 aliphatic heterocycles. The number of hydrogen-bond acceptors (Lipinski definition) is 4. The number of nitriles is 1. The zero-order chi connectivity index (χ0) is 15.3. The van der Waals surface area contributed by atoms with Crippen molar-refractivity contribution in [3.05, 3.63) is 36.2 Å². The van der Waals surface area contributed by atoms with Gasteiger partial charge in [-0.1, -0.05) is 18.2 Å². The van der Waals surface area contributed by atoms with Crippen molar-refractivity contribution in [2.24, 2.45) is 0 Å². The maximum atomic E-state index is 8.95. The molecular weight excluding hydrogens is 263 g/mol. The molecule has 0 atom stereocenters. The molecule has 21 heavy (non-hydrogen) atoms. The molecule has 1 aromatic heterocycles. The van der Waals surface area contributed by atoms with E-state index in [2.05, 4.69) is 11.1 Å². The summed E-state index contributed by atoms with van der Waals surface area (Å²) in [6, 6.07) is 9.74. The average molecular weight is 280 g/mol. The first kappa shape index (κ1) is 14.1. The summed E-state index contributed by atoms with van der Waals surface area (Å²) >= 11 is 0. The van der Waals surface area contributed by atoms with Gasteiger partial charge in [-0.05, 0) is 50.0 Å². The van der Waals surface area contributed by atoms with Gasteiger partial charge in [-0.2, -0.15) is 5.26 Å². The van der Waals surface area contributed by atoms with Crippen molar-refractivity contribution in [1.29, 1.82) is 5.26 Å². The fourth-order valence-electron chi connectivity index (χ4n) is 2.43. The van der Waals surface area contributed by atoms with Gasteiger partial charge in [0.05, 0.1) is 11.2 Å². The topological polar surface area (TPSA) is 55.1 Å². The molecule has 106 valence electrons. The van der Waals surface area contributed by atoms with E-state index in [1.165, 1.54) is 0 Å². The van der Waals surface area contributed by atoms with Gasteiger partial charge in [0.25, 0.3) is 0 Å². The third-order valence-electron chi connectivity index (χ3n) is 4.42. The summed E-state index contributed by atoms with van der Waals surface area (Å²) in [7, 11) is -0.423. The first-order valence-corrected chi connectivity index (χ1v) is 6.98. The fraction of sp³-hybridized carbons (Fsp3) is 0.375. The van der Waals surface area contributed by atoms with Gasteiger partial charge in [-0.3, -0.25) is 0 Å². The highest BCUT2D eigenvalue weighted by Gasteiger charge is 2.52. The van der Waals surface area contributed by atoms with Gasteiger partial charge in [0.2, 0.25) is 0 Å². The lowest BCUT2D eigenvalue weighted by molar-refractivity contribution is 0.00578. The number of pyridine rings is 1. The van der Waals surface area contributed by atoms with E-state index in [-0.39, 0.29) is 11.2 Å². The molecule has 2 heterocycles. The van der Waals surface area contributed by atoms with Gasteiger partial charge in [-0.25, -0.2) is 4.98 Å². The van der Waals surface area contributed by atoms with Gasteiger partial charge in [0.15, 0.2) is 0 Å². The summed E-state index contributed by atoms with van der Waals surface area (Å²) in [6.07, 6.45) is 1.72. The summed E-state index contributed by atoms with van der Waals surface area (Å²) in [4.78, 5) is 4.16. The SMILES string of the molecule is CC1(C)OB(c2cccc3cc(C#N)ncc23)OC1(C)C. The fourth-order valence-corrected chi connectivity index (χ4v) is 2.43. The Bertz CT molecular complexity index is 734. The molecular formula is C16H17BN2O2. The second kappa shape index (κ2) is 4.55. The highest BCUT2D eigenvalue weighted by atomic mass is 16.7. The molecule has 5 heteroatoms. The van der Waals surface area contributed by atoms with Crippen molar-refractivity contribution in [2.45, 2.75) is 38.9 Å². The molecule has 0 aliphatic carbocycles. The van der Waals surface area contributed by atoms with Crippen LogP contribution < -0.4 is 5.46 Å². The van der Waals surface area contributed by atoms with Crippen LogP contribution in [0.4, 0.5) is 0 Å². The molecule has 0 radical (unpaired) electrons. The van der Waals surface area contributed by atoms with Crippen LogP contribution in [0.15, 0.2) is 30.5 Å². The Balaban J connectivity index is 2.09. The van der Waals surface area contributed by atoms with Gasteiger partial charge in [0, 0.05) is 6.20 Å². The molecule has 3 rings (SSSR count). The van der Waals surface area contributed by atoms with Crippen molar-refractivity contribution in [3.63, 3.8) is 0 Å². The third-order valence-corrected chi connectivity index (χ3v) is 4.42. The summed E-state index contributed by atoms with van der Waals surface area (Å²) in [6.45, 7) is 8.13. The second-order valence-corrected chi connectivity index (χ2v) is 6.34. The van der Waals surface area contributed by atoms with Gasteiger partial charge < -0.3 is 9.31 Å². The summed E-state index contributed by atoms with van der Waals surface area (Å²) < 4.78 is 12.2. The molecule has 0 unspecified atom stereocenters. The van der Waals surface area contributed by atoms with Gasteiger partial charge >= 0.3 is 7.12 Å². The number of fused-ring (bicyclic) bond motifs is 1. The molecule has 1 fully saturated rings. The van der Waals surface area contributed by atoms with Gasteiger partial charge in [-0.15, -0.1) is 0 Å². The van der Waals surface area contributed by atoms with Crippen molar-refractivity contribution in [3.8, 4) is 6.07 Å². The van der Waals surface area contributed by atoms with Gasteiger partial charge in [0.1, 0.15) is 11.8 Å². The maximum absolute atomic E-state index is 8.95. The highest BCUT2D eigenvalue weighted by Crippen LogP contribution is 2.36. The smallest absolute Gasteiger partial charge is 0.399 e. The summed E-state index contributed by atoms with van der Waals surface area (Å²) in [5, 5.41) is 10.9. The Morgan fingerprint density at radius 2 is 1.81 bits per heavy atom. The standard InChI is InChI=1S/C16H17BN2O2/c1-15(2)16(3,4)21-17(20-15)14-7-5-6-11-8-12(9-18)19-10-13(11)14/h5-8,10H,1-4H3. The molecule has 0 N–H and O–H groups in total. The number of benzene rings is 1. The molecule has 2 aromatic rings. The van der Waals surface area contributed by atoms with Crippen LogP contribution in [0.1, 0.15) is 33.4 Å². The van der Waals surface area contributed by atoms with E-state index < -0.39 is 7.12 Å². The molecule has 1 aromatic carbocycles. The molecule has 0 saturated carbocycles. The van der Waals surface area contributed by atoms with E-state index in [0.717, 1.165) is 16.2 Å². The van der Waals surface area contributed by atoms with Crippen molar-refractivity contribution in [2.75, 3.05) is 0 Å². The Morgan fingerprint density at radius 1 is 1.14 bits per heavy atom. The minimum absolute atomic E-state index is 0.375. The molecule has 0 bridgehead atoms. The minimum atomic E-state index is -0.423. The van der Waals surface area contributed by atoms with Crippen LogP contribution in [0.5, 0.6) is 0 Å². The molecule has 4 nitrogen and oxygen atoms in total. The number of nitrogens with zero attached hydrogens (tertiary/aromatic N) is 2. The van der Waals surface area contributed by atoms with Crippen LogP contribution in [-0.4, -0.2) is 23.3 Å². The first-order valence-electron chi connectivity index (χ1n) is 6.98. The predicted molar refractivity (Wildman–Crippen MR) is 82.2 cm³/mol. The Morgan fingerprint density at radius 3 is 2.43 bits per heavy atom. The molecule has 0 amide bonds. The first-order chi connectivity index (χ1) is 9.84. The second-order valence-electron chi connectivity index (χ2n) is 6.34. The predicted octanol–water partition coefficient (Wildman–Crippen LogP) is 2.41. The van der Waals surface area contributed by atoms with Crippen molar-refractivity contribution in [1.82, 2.24) is 4.98 Å². The van der Waals surface area contributed by atoms with Crippen molar-refractivity contribution >= 4 is 23.4 Å². The average Bonchev–Trinajstić information content (AvgIpc) is 2.66. The number of aromatic nitrogens is 1. The number of hydrogen-bond donors (Lipinski definition) is 0. The lowest BCUT2D eigenvalue weighted by Gasteiger charge is -2.32. The Hall–Kier alpha value is -1.90.